The summed E-state index contributed by atoms with van der Waals surface area (Å²) in [5.74, 6) is 1.52. The van der Waals surface area contributed by atoms with E-state index in [4.69, 9.17) is 21.1 Å². The Balaban J connectivity index is 1.60. The molecule has 1 saturated carbocycles. The van der Waals surface area contributed by atoms with E-state index in [2.05, 4.69) is 18.7 Å². The summed E-state index contributed by atoms with van der Waals surface area (Å²) in [5, 5.41) is 21.4. The van der Waals surface area contributed by atoms with Gasteiger partial charge in [0.15, 0.2) is 0 Å². The van der Waals surface area contributed by atoms with Gasteiger partial charge in [-0.2, -0.15) is 0 Å². The number of halogens is 1. The summed E-state index contributed by atoms with van der Waals surface area (Å²) in [5.41, 5.74) is 0. The van der Waals surface area contributed by atoms with Crippen LogP contribution in [0, 0.1) is 11.8 Å². The number of aliphatic hydroxyl groups excluding tert-OH is 2. The average molecular weight is 405 g/mol. The Morgan fingerprint density at radius 3 is 3.04 bits per heavy atom. The van der Waals surface area contributed by atoms with Crippen molar-refractivity contribution in [2.75, 3.05) is 6.61 Å². The van der Waals surface area contributed by atoms with Gasteiger partial charge >= 0.3 is 0 Å². The molecule has 0 aromatic heterocycles. The van der Waals surface area contributed by atoms with E-state index in [0.717, 1.165) is 31.4 Å². The highest BCUT2D eigenvalue weighted by atomic mass is 35.5. The normalized spacial score (nSPS) is 30.5. The van der Waals surface area contributed by atoms with Crippen LogP contribution in [0.2, 0.25) is 5.02 Å². The molecule has 2 aliphatic rings. The van der Waals surface area contributed by atoms with Crippen LogP contribution >= 0.6 is 11.6 Å². The quantitative estimate of drug-likeness (QED) is 0.700. The maximum Gasteiger partial charge on any atom is 0.120 e. The van der Waals surface area contributed by atoms with Gasteiger partial charge in [0, 0.05) is 29.7 Å². The molecule has 4 nitrogen and oxygen atoms in total. The molecule has 1 fully saturated rings. The van der Waals surface area contributed by atoms with Crippen LogP contribution in [-0.4, -0.2) is 35.1 Å². The van der Waals surface area contributed by atoms with Gasteiger partial charge < -0.3 is 19.7 Å². The third-order valence-corrected chi connectivity index (χ3v) is 5.62. The molecule has 0 bridgehead atoms. The van der Waals surface area contributed by atoms with Crippen molar-refractivity contribution in [3.8, 4) is 5.75 Å². The lowest BCUT2D eigenvalue weighted by Crippen LogP contribution is -2.23. The van der Waals surface area contributed by atoms with Crippen molar-refractivity contribution in [2.24, 2.45) is 11.8 Å². The fourth-order valence-corrected chi connectivity index (χ4v) is 4.11. The Hall–Kier alpha value is -1.75. The second-order valence-electron chi connectivity index (χ2n) is 7.56. The second-order valence-corrected chi connectivity index (χ2v) is 8.00. The lowest BCUT2D eigenvalue weighted by atomic mass is 9.89. The van der Waals surface area contributed by atoms with E-state index in [1.54, 1.807) is 30.3 Å². The first-order valence-electron chi connectivity index (χ1n) is 9.95. The first-order chi connectivity index (χ1) is 13.5. The van der Waals surface area contributed by atoms with Crippen LogP contribution in [0.25, 0.3) is 0 Å². The Morgan fingerprint density at radius 2 is 2.21 bits per heavy atom. The number of ether oxygens (including phenoxy) is 2. The summed E-state index contributed by atoms with van der Waals surface area (Å²) in [6, 6.07) is 7.08. The van der Waals surface area contributed by atoms with Crippen molar-refractivity contribution in [1.29, 1.82) is 0 Å². The smallest absolute Gasteiger partial charge is 0.120 e. The van der Waals surface area contributed by atoms with Crippen molar-refractivity contribution in [3.63, 3.8) is 0 Å². The maximum atomic E-state index is 10.6. The molecule has 1 aromatic carbocycles. The number of benzene rings is 1. The summed E-state index contributed by atoms with van der Waals surface area (Å²) >= 11 is 5.94. The highest BCUT2D eigenvalue weighted by Gasteiger charge is 2.42. The third-order valence-electron chi connectivity index (χ3n) is 5.38. The summed E-state index contributed by atoms with van der Waals surface area (Å²) in [6.45, 7) is 4.15. The van der Waals surface area contributed by atoms with Crippen molar-refractivity contribution < 1.29 is 19.7 Å². The number of hydrogen-bond acceptors (Lipinski definition) is 4. The lowest BCUT2D eigenvalue weighted by molar-refractivity contribution is 0.0698. The molecule has 1 aliphatic carbocycles. The van der Waals surface area contributed by atoms with Gasteiger partial charge in [-0.25, -0.2) is 0 Å². The molecule has 5 heteroatoms. The zero-order chi connectivity index (χ0) is 19.9. The standard InChI is InChI=1S/C23H29ClO4/c1-16-7-4-2-3-5-10-21-20(22(26)14-23(21)28-16)12-11-18(25)15-27-19-9-6-8-17(24)13-19/h3,5-6,8-9,11-13,18,20-23,25-26H,1-2,4,7,10,14-15H2/b5-3-,12-11+/t18-,20-,21-,22-,23+/m1/s1. The van der Waals surface area contributed by atoms with E-state index >= 15 is 0 Å². The van der Waals surface area contributed by atoms with Crippen LogP contribution in [-0.2, 0) is 4.74 Å². The summed E-state index contributed by atoms with van der Waals surface area (Å²) in [4.78, 5) is 0. The number of rotatable bonds is 5. The number of aliphatic hydroxyl groups is 2. The van der Waals surface area contributed by atoms with Gasteiger partial charge in [0.05, 0.1) is 11.9 Å². The Morgan fingerprint density at radius 1 is 1.36 bits per heavy atom. The molecule has 0 amide bonds. The van der Waals surface area contributed by atoms with Crippen LogP contribution in [0.4, 0.5) is 0 Å². The average Bonchev–Trinajstić information content (AvgIpc) is 2.95. The first-order valence-corrected chi connectivity index (χ1v) is 10.3. The van der Waals surface area contributed by atoms with E-state index in [1.165, 1.54) is 0 Å². The van der Waals surface area contributed by atoms with Crippen molar-refractivity contribution in [3.05, 3.63) is 65.9 Å². The Bertz CT molecular complexity index is 714. The highest BCUT2D eigenvalue weighted by molar-refractivity contribution is 6.30. The largest absolute Gasteiger partial charge is 0.495 e. The van der Waals surface area contributed by atoms with E-state index in [0.29, 0.717) is 17.2 Å². The third kappa shape index (κ3) is 5.87. The molecule has 2 N–H and O–H groups in total. The minimum atomic E-state index is -0.767. The predicted octanol–water partition coefficient (Wildman–Crippen LogP) is 4.66. The van der Waals surface area contributed by atoms with Gasteiger partial charge in [-0.05, 0) is 37.5 Å². The number of allylic oxidation sites excluding steroid dienone is 3. The second kappa shape index (κ2) is 10.1. The number of hydrogen-bond donors (Lipinski definition) is 2. The molecule has 152 valence electrons. The van der Waals surface area contributed by atoms with Gasteiger partial charge in [-0.1, -0.05) is 48.6 Å². The summed E-state index contributed by atoms with van der Waals surface area (Å²) in [7, 11) is 0. The lowest BCUT2D eigenvalue weighted by Gasteiger charge is -2.25. The topological polar surface area (TPSA) is 58.9 Å². The van der Waals surface area contributed by atoms with Crippen LogP contribution in [0.1, 0.15) is 32.1 Å². The molecule has 5 atom stereocenters. The molecule has 1 aromatic rings. The molecular weight excluding hydrogens is 376 g/mol. The van der Waals surface area contributed by atoms with Gasteiger partial charge in [-0.15, -0.1) is 0 Å². The molecule has 0 saturated heterocycles. The van der Waals surface area contributed by atoms with Crippen LogP contribution in [0.3, 0.4) is 0 Å². The molecule has 3 rings (SSSR count). The molecule has 28 heavy (non-hydrogen) atoms. The molecule has 1 aliphatic heterocycles. The van der Waals surface area contributed by atoms with Crippen LogP contribution in [0.15, 0.2) is 60.9 Å². The van der Waals surface area contributed by atoms with Crippen molar-refractivity contribution in [2.45, 2.75) is 50.4 Å². The minimum absolute atomic E-state index is 0.0419. The van der Waals surface area contributed by atoms with E-state index in [1.807, 2.05) is 6.08 Å². The molecule has 0 radical (unpaired) electrons. The molecule has 1 heterocycles. The number of fused-ring (bicyclic) bond motifs is 1. The molecule has 0 unspecified atom stereocenters. The summed E-state index contributed by atoms with van der Waals surface area (Å²) in [6.07, 6.45) is 11.0. The van der Waals surface area contributed by atoms with E-state index in [9.17, 15) is 10.2 Å². The monoisotopic (exact) mass is 404 g/mol. The molecular formula is C23H29ClO4. The zero-order valence-electron chi connectivity index (χ0n) is 16.0. The van der Waals surface area contributed by atoms with E-state index in [-0.39, 0.29) is 24.5 Å². The van der Waals surface area contributed by atoms with Gasteiger partial charge in [-0.3, -0.25) is 0 Å². The maximum absolute atomic E-state index is 10.6. The zero-order valence-corrected chi connectivity index (χ0v) is 16.8. The van der Waals surface area contributed by atoms with Gasteiger partial charge in [0.25, 0.3) is 0 Å². The van der Waals surface area contributed by atoms with E-state index < -0.39 is 12.2 Å². The molecule has 0 spiro atoms. The van der Waals surface area contributed by atoms with Crippen LogP contribution in [0.5, 0.6) is 5.75 Å². The fourth-order valence-electron chi connectivity index (χ4n) is 3.93. The van der Waals surface area contributed by atoms with Gasteiger partial charge in [0.2, 0.25) is 0 Å². The SMILES string of the molecule is C=C1CCC/C=C\C[C@@H]2[C@@H](/C=C/[C@@H](O)COc3cccc(Cl)c3)[C@H](O)C[C@@H]2O1. The van der Waals surface area contributed by atoms with Gasteiger partial charge in [0.1, 0.15) is 24.6 Å². The first kappa shape index (κ1) is 21.0. The summed E-state index contributed by atoms with van der Waals surface area (Å²) < 4.78 is 11.6. The highest BCUT2D eigenvalue weighted by Crippen LogP contribution is 2.39. The van der Waals surface area contributed by atoms with Crippen molar-refractivity contribution >= 4 is 11.6 Å². The van der Waals surface area contributed by atoms with Crippen LogP contribution < -0.4 is 4.74 Å². The fraction of sp³-hybridized carbons (Fsp3) is 0.478. The Labute approximate surface area is 172 Å². The minimum Gasteiger partial charge on any atom is -0.495 e. The Kier molecular flexibility index (Phi) is 7.60. The van der Waals surface area contributed by atoms with Crippen molar-refractivity contribution in [1.82, 2.24) is 0 Å². The predicted molar refractivity (Wildman–Crippen MR) is 111 cm³/mol.